The number of hydrazone groups is 1. The molecule has 1 aliphatic rings. The summed E-state index contributed by atoms with van der Waals surface area (Å²) in [5.41, 5.74) is 4.10. The van der Waals surface area contributed by atoms with Gasteiger partial charge in [0.2, 0.25) is 5.91 Å². The quantitative estimate of drug-likeness (QED) is 0.816. The van der Waals surface area contributed by atoms with Crippen molar-refractivity contribution in [1.29, 1.82) is 0 Å². The summed E-state index contributed by atoms with van der Waals surface area (Å²) in [6, 6.07) is 17.8. The summed E-state index contributed by atoms with van der Waals surface area (Å²) in [4.78, 5) is 12.0. The Morgan fingerprint density at radius 1 is 0.950 bits per heavy atom. The van der Waals surface area contributed by atoms with Crippen molar-refractivity contribution in [2.45, 2.75) is 19.8 Å². The van der Waals surface area contributed by atoms with Crippen LogP contribution in [0.5, 0.6) is 0 Å². The van der Waals surface area contributed by atoms with Crippen LogP contribution in [-0.2, 0) is 4.79 Å². The van der Waals surface area contributed by atoms with E-state index >= 15 is 0 Å². The molecule has 1 aliphatic heterocycles. The van der Waals surface area contributed by atoms with E-state index in [4.69, 9.17) is 0 Å². The first-order chi connectivity index (χ1) is 9.74. The Hall–Kier alpha value is -2.42. The van der Waals surface area contributed by atoms with Gasteiger partial charge in [0.1, 0.15) is 0 Å². The molecule has 0 unspecified atom stereocenters. The largest absolute Gasteiger partial charge is 0.273 e. The van der Waals surface area contributed by atoms with E-state index in [1.165, 1.54) is 10.6 Å². The molecule has 0 N–H and O–H groups in total. The molecule has 20 heavy (non-hydrogen) atoms. The van der Waals surface area contributed by atoms with Crippen molar-refractivity contribution in [1.82, 2.24) is 0 Å². The van der Waals surface area contributed by atoms with Gasteiger partial charge in [-0.15, -0.1) is 0 Å². The molecule has 2 aromatic carbocycles. The summed E-state index contributed by atoms with van der Waals surface area (Å²) in [7, 11) is 0. The molecule has 0 aliphatic carbocycles. The maximum absolute atomic E-state index is 12.0. The second kappa shape index (κ2) is 5.29. The fraction of sp³-hybridized carbons (Fsp3) is 0.176. The highest BCUT2D eigenvalue weighted by atomic mass is 16.2. The molecule has 100 valence electrons. The van der Waals surface area contributed by atoms with E-state index in [1.807, 2.05) is 30.3 Å². The fourth-order valence-electron chi connectivity index (χ4n) is 2.28. The molecule has 0 saturated carbocycles. The van der Waals surface area contributed by atoms with Crippen LogP contribution in [0.2, 0.25) is 0 Å². The molecule has 1 amide bonds. The lowest BCUT2D eigenvalue weighted by Gasteiger charge is -2.23. The molecule has 2 aromatic rings. The lowest BCUT2D eigenvalue weighted by molar-refractivity contribution is -0.118. The molecular weight excluding hydrogens is 248 g/mol. The topological polar surface area (TPSA) is 32.7 Å². The number of hydrogen-bond donors (Lipinski definition) is 0. The van der Waals surface area contributed by atoms with Crippen LogP contribution in [0.15, 0.2) is 59.7 Å². The molecule has 0 atom stereocenters. The third-order valence-corrected chi connectivity index (χ3v) is 3.42. The average Bonchev–Trinajstić information content (AvgIpc) is 2.50. The lowest BCUT2D eigenvalue weighted by atomic mass is 10.0. The zero-order chi connectivity index (χ0) is 13.9. The van der Waals surface area contributed by atoms with Gasteiger partial charge in [-0.05, 0) is 24.6 Å². The number of carbonyl (C=O) groups excluding carboxylic acids is 1. The van der Waals surface area contributed by atoms with Gasteiger partial charge in [-0.2, -0.15) is 5.10 Å². The first-order valence-electron chi connectivity index (χ1n) is 6.76. The highest BCUT2D eigenvalue weighted by molar-refractivity contribution is 6.08. The van der Waals surface area contributed by atoms with Crippen molar-refractivity contribution in [2.75, 3.05) is 5.01 Å². The Bertz CT molecular complexity index is 644. The van der Waals surface area contributed by atoms with Gasteiger partial charge in [0.25, 0.3) is 0 Å². The molecule has 3 rings (SSSR count). The number of para-hydroxylation sites is 1. The van der Waals surface area contributed by atoms with Gasteiger partial charge in [0, 0.05) is 12.8 Å². The van der Waals surface area contributed by atoms with Crippen molar-refractivity contribution in [3.05, 3.63) is 65.7 Å². The summed E-state index contributed by atoms with van der Waals surface area (Å²) >= 11 is 0. The number of amides is 1. The minimum atomic E-state index is 0.0482. The summed E-state index contributed by atoms with van der Waals surface area (Å²) in [5, 5.41) is 6.05. The van der Waals surface area contributed by atoms with Gasteiger partial charge in [-0.25, -0.2) is 5.01 Å². The van der Waals surface area contributed by atoms with Crippen LogP contribution in [0.1, 0.15) is 24.0 Å². The first-order valence-corrected chi connectivity index (χ1v) is 6.76. The summed E-state index contributed by atoms with van der Waals surface area (Å²) < 4.78 is 0. The normalized spacial score (nSPS) is 15.2. The van der Waals surface area contributed by atoms with Gasteiger partial charge in [-0.1, -0.05) is 48.0 Å². The van der Waals surface area contributed by atoms with Gasteiger partial charge in [-0.3, -0.25) is 4.79 Å². The predicted octanol–water partition coefficient (Wildman–Crippen LogP) is 3.53. The van der Waals surface area contributed by atoms with E-state index in [0.29, 0.717) is 12.8 Å². The van der Waals surface area contributed by atoms with E-state index in [9.17, 15) is 4.79 Å². The van der Waals surface area contributed by atoms with E-state index in [-0.39, 0.29) is 5.91 Å². The first kappa shape index (κ1) is 12.6. The van der Waals surface area contributed by atoms with Crippen molar-refractivity contribution < 1.29 is 4.79 Å². The minimum Gasteiger partial charge on any atom is -0.273 e. The predicted molar refractivity (Wildman–Crippen MR) is 80.9 cm³/mol. The number of nitrogens with zero attached hydrogens (tertiary/aromatic N) is 2. The van der Waals surface area contributed by atoms with Crippen LogP contribution in [0.3, 0.4) is 0 Å². The van der Waals surface area contributed by atoms with Gasteiger partial charge in [0.15, 0.2) is 0 Å². The average molecular weight is 264 g/mol. The maximum Gasteiger partial charge on any atom is 0.247 e. The Morgan fingerprint density at radius 2 is 1.65 bits per heavy atom. The Balaban J connectivity index is 1.96. The van der Waals surface area contributed by atoms with Crippen LogP contribution in [-0.4, -0.2) is 11.6 Å². The van der Waals surface area contributed by atoms with Crippen LogP contribution in [0.25, 0.3) is 0 Å². The van der Waals surface area contributed by atoms with Crippen LogP contribution < -0.4 is 5.01 Å². The zero-order valence-electron chi connectivity index (χ0n) is 11.4. The highest BCUT2D eigenvalue weighted by Gasteiger charge is 2.22. The Morgan fingerprint density at radius 3 is 2.35 bits per heavy atom. The number of benzene rings is 2. The van der Waals surface area contributed by atoms with Crippen molar-refractivity contribution in [2.24, 2.45) is 5.10 Å². The van der Waals surface area contributed by atoms with Crippen molar-refractivity contribution in [3.8, 4) is 0 Å². The van der Waals surface area contributed by atoms with Crippen LogP contribution in [0, 0.1) is 6.92 Å². The third-order valence-electron chi connectivity index (χ3n) is 3.42. The third kappa shape index (κ3) is 2.48. The molecular formula is C17H16N2O. The number of hydrogen-bond acceptors (Lipinski definition) is 2. The second-order valence-electron chi connectivity index (χ2n) is 4.95. The van der Waals surface area contributed by atoms with Gasteiger partial charge >= 0.3 is 0 Å². The second-order valence-corrected chi connectivity index (χ2v) is 4.95. The Kier molecular flexibility index (Phi) is 3.33. The smallest absolute Gasteiger partial charge is 0.247 e. The number of anilines is 1. The molecule has 3 heteroatoms. The molecule has 0 spiro atoms. The zero-order valence-corrected chi connectivity index (χ0v) is 11.4. The molecule has 3 nitrogen and oxygen atoms in total. The standard InChI is InChI=1S/C17H16N2O/c1-13-7-9-14(10-8-13)16-11-12-17(20)19(18-16)15-5-3-2-4-6-15/h2-10H,11-12H2,1H3. The SMILES string of the molecule is Cc1ccc(C2=NN(c3ccccc3)C(=O)CC2)cc1. The highest BCUT2D eigenvalue weighted by Crippen LogP contribution is 2.22. The minimum absolute atomic E-state index is 0.0482. The molecule has 0 bridgehead atoms. The van der Waals surface area contributed by atoms with E-state index in [1.54, 1.807) is 0 Å². The summed E-state index contributed by atoms with van der Waals surface area (Å²) in [6.07, 6.45) is 1.20. The number of aryl methyl sites for hydroxylation is 1. The number of rotatable bonds is 2. The number of carbonyl (C=O) groups is 1. The maximum atomic E-state index is 12.0. The van der Waals surface area contributed by atoms with E-state index < -0.39 is 0 Å². The van der Waals surface area contributed by atoms with E-state index in [0.717, 1.165) is 17.0 Å². The summed E-state index contributed by atoms with van der Waals surface area (Å²) in [5.74, 6) is 0.0482. The summed E-state index contributed by atoms with van der Waals surface area (Å²) in [6.45, 7) is 2.06. The molecule has 0 aromatic heterocycles. The van der Waals surface area contributed by atoms with Gasteiger partial charge < -0.3 is 0 Å². The lowest BCUT2D eigenvalue weighted by Crippen LogP contribution is -2.31. The van der Waals surface area contributed by atoms with Crippen molar-refractivity contribution >= 4 is 17.3 Å². The van der Waals surface area contributed by atoms with E-state index in [2.05, 4.69) is 36.3 Å². The molecule has 0 saturated heterocycles. The molecule has 1 heterocycles. The van der Waals surface area contributed by atoms with Crippen LogP contribution >= 0.6 is 0 Å². The molecule has 0 fully saturated rings. The van der Waals surface area contributed by atoms with Crippen LogP contribution in [0.4, 0.5) is 5.69 Å². The fourth-order valence-corrected chi connectivity index (χ4v) is 2.28. The monoisotopic (exact) mass is 264 g/mol. The molecule has 0 radical (unpaired) electrons. The van der Waals surface area contributed by atoms with Gasteiger partial charge in [0.05, 0.1) is 11.4 Å². The van der Waals surface area contributed by atoms with Crippen molar-refractivity contribution in [3.63, 3.8) is 0 Å². The Labute approximate surface area is 118 Å².